The van der Waals surface area contributed by atoms with Gasteiger partial charge in [0, 0.05) is 26.1 Å². The lowest BCUT2D eigenvalue weighted by Crippen LogP contribution is -2.43. The standard InChI is InChI=1S/C16H22N2O3/c19-15-8-7-14(11-18-15)16(20)17-9-4-10-21-12-13-5-2-1-3-6-13/h1-3,5-6,14H,4,7-12H2,(H,17,20)(H,18,19). The van der Waals surface area contributed by atoms with Crippen LogP contribution in [-0.4, -0.2) is 31.5 Å². The van der Waals surface area contributed by atoms with Crippen LogP contribution in [0.1, 0.15) is 24.8 Å². The molecule has 0 spiro atoms. The summed E-state index contributed by atoms with van der Waals surface area (Å²) >= 11 is 0. The summed E-state index contributed by atoms with van der Waals surface area (Å²) in [5.41, 5.74) is 1.15. The molecule has 0 saturated carbocycles. The average Bonchev–Trinajstić information content (AvgIpc) is 2.52. The number of ether oxygens (including phenoxy) is 1. The number of benzene rings is 1. The molecule has 114 valence electrons. The quantitative estimate of drug-likeness (QED) is 0.742. The summed E-state index contributed by atoms with van der Waals surface area (Å²) in [6, 6.07) is 10.0. The normalized spacial score (nSPS) is 18.1. The third kappa shape index (κ3) is 5.55. The van der Waals surface area contributed by atoms with Gasteiger partial charge in [-0.25, -0.2) is 0 Å². The van der Waals surface area contributed by atoms with E-state index in [4.69, 9.17) is 4.74 Å². The van der Waals surface area contributed by atoms with Crippen molar-refractivity contribution in [2.75, 3.05) is 19.7 Å². The summed E-state index contributed by atoms with van der Waals surface area (Å²) in [5, 5.41) is 5.61. The summed E-state index contributed by atoms with van der Waals surface area (Å²) < 4.78 is 5.55. The fourth-order valence-corrected chi connectivity index (χ4v) is 2.25. The van der Waals surface area contributed by atoms with Gasteiger partial charge in [0.05, 0.1) is 12.5 Å². The molecule has 2 amide bonds. The van der Waals surface area contributed by atoms with E-state index in [2.05, 4.69) is 10.6 Å². The van der Waals surface area contributed by atoms with Crippen molar-refractivity contribution in [2.45, 2.75) is 25.9 Å². The molecular formula is C16H22N2O3. The maximum Gasteiger partial charge on any atom is 0.224 e. The highest BCUT2D eigenvalue weighted by molar-refractivity contribution is 5.83. The van der Waals surface area contributed by atoms with E-state index in [1.807, 2.05) is 30.3 Å². The Morgan fingerprint density at radius 2 is 2.14 bits per heavy atom. The van der Waals surface area contributed by atoms with Gasteiger partial charge in [-0.15, -0.1) is 0 Å². The van der Waals surface area contributed by atoms with Crippen LogP contribution in [0.4, 0.5) is 0 Å². The van der Waals surface area contributed by atoms with Crippen molar-refractivity contribution in [1.82, 2.24) is 10.6 Å². The van der Waals surface area contributed by atoms with Gasteiger partial charge in [0.15, 0.2) is 0 Å². The lowest BCUT2D eigenvalue weighted by Gasteiger charge is -2.21. The number of amides is 2. The molecule has 0 bridgehead atoms. The molecule has 0 radical (unpaired) electrons. The lowest BCUT2D eigenvalue weighted by molar-refractivity contribution is -0.128. The van der Waals surface area contributed by atoms with Gasteiger partial charge in [-0.3, -0.25) is 9.59 Å². The Balaban J connectivity index is 1.51. The topological polar surface area (TPSA) is 67.4 Å². The van der Waals surface area contributed by atoms with E-state index < -0.39 is 0 Å². The second kappa shape index (κ2) is 8.42. The minimum atomic E-state index is -0.0899. The van der Waals surface area contributed by atoms with Crippen LogP contribution in [0.15, 0.2) is 30.3 Å². The van der Waals surface area contributed by atoms with Crippen LogP contribution in [0.3, 0.4) is 0 Å². The molecule has 1 aliphatic heterocycles. The highest BCUT2D eigenvalue weighted by Crippen LogP contribution is 2.10. The zero-order valence-electron chi connectivity index (χ0n) is 12.1. The van der Waals surface area contributed by atoms with E-state index in [1.165, 1.54) is 0 Å². The summed E-state index contributed by atoms with van der Waals surface area (Å²) in [4.78, 5) is 22.9. The molecule has 2 N–H and O–H groups in total. The van der Waals surface area contributed by atoms with Gasteiger partial charge < -0.3 is 15.4 Å². The Morgan fingerprint density at radius 3 is 2.86 bits per heavy atom. The Bertz CT molecular complexity index is 452. The molecule has 1 aromatic carbocycles. The SMILES string of the molecule is O=C1CCC(C(=O)NCCCOCc2ccccc2)CN1. The molecule has 1 fully saturated rings. The Hall–Kier alpha value is -1.88. The maximum absolute atomic E-state index is 11.9. The minimum Gasteiger partial charge on any atom is -0.377 e. The Morgan fingerprint density at radius 1 is 1.33 bits per heavy atom. The van der Waals surface area contributed by atoms with Gasteiger partial charge in [-0.1, -0.05) is 30.3 Å². The molecule has 1 aliphatic rings. The predicted octanol–water partition coefficient (Wildman–Crippen LogP) is 1.24. The molecule has 0 aromatic heterocycles. The molecule has 1 atom stereocenters. The van der Waals surface area contributed by atoms with Crippen LogP contribution in [0, 0.1) is 5.92 Å². The maximum atomic E-state index is 11.9. The summed E-state index contributed by atoms with van der Waals surface area (Å²) in [7, 11) is 0. The van der Waals surface area contributed by atoms with Crippen molar-refractivity contribution < 1.29 is 14.3 Å². The Labute approximate surface area is 125 Å². The molecule has 1 aromatic rings. The van der Waals surface area contributed by atoms with Crippen molar-refractivity contribution in [1.29, 1.82) is 0 Å². The van der Waals surface area contributed by atoms with E-state index in [1.54, 1.807) is 0 Å². The lowest BCUT2D eigenvalue weighted by atomic mass is 9.98. The molecule has 1 unspecified atom stereocenters. The fraction of sp³-hybridized carbons (Fsp3) is 0.500. The molecule has 1 saturated heterocycles. The first-order valence-electron chi connectivity index (χ1n) is 7.42. The number of carbonyl (C=O) groups is 2. The van der Waals surface area contributed by atoms with Crippen molar-refractivity contribution in [3.63, 3.8) is 0 Å². The van der Waals surface area contributed by atoms with Crippen LogP contribution in [-0.2, 0) is 20.9 Å². The van der Waals surface area contributed by atoms with Gasteiger partial charge in [-0.05, 0) is 18.4 Å². The van der Waals surface area contributed by atoms with Crippen LogP contribution in [0.25, 0.3) is 0 Å². The second-order valence-electron chi connectivity index (χ2n) is 5.22. The largest absolute Gasteiger partial charge is 0.377 e. The summed E-state index contributed by atoms with van der Waals surface area (Å²) in [6.45, 7) is 2.28. The monoisotopic (exact) mass is 290 g/mol. The molecular weight excluding hydrogens is 268 g/mol. The van der Waals surface area contributed by atoms with Gasteiger partial charge in [0.1, 0.15) is 0 Å². The first kappa shape index (κ1) is 15.5. The molecule has 21 heavy (non-hydrogen) atoms. The molecule has 5 nitrogen and oxygen atoms in total. The van der Waals surface area contributed by atoms with Gasteiger partial charge in [-0.2, -0.15) is 0 Å². The van der Waals surface area contributed by atoms with Crippen LogP contribution in [0.2, 0.25) is 0 Å². The van der Waals surface area contributed by atoms with Crippen molar-refractivity contribution >= 4 is 11.8 Å². The number of hydrogen-bond acceptors (Lipinski definition) is 3. The van der Waals surface area contributed by atoms with Gasteiger partial charge >= 0.3 is 0 Å². The van der Waals surface area contributed by atoms with E-state index >= 15 is 0 Å². The first-order chi connectivity index (χ1) is 10.3. The van der Waals surface area contributed by atoms with Crippen LogP contribution >= 0.6 is 0 Å². The number of hydrogen-bond donors (Lipinski definition) is 2. The minimum absolute atomic E-state index is 0.0260. The van der Waals surface area contributed by atoms with E-state index in [-0.39, 0.29) is 17.7 Å². The summed E-state index contributed by atoms with van der Waals surface area (Å²) in [6.07, 6.45) is 1.87. The van der Waals surface area contributed by atoms with Crippen molar-refractivity contribution in [3.8, 4) is 0 Å². The molecule has 5 heteroatoms. The smallest absolute Gasteiger partial charge is 0.224 e. The third-order valence-corrected chi connectivity index (χ3v) is 3.51. The zero-order valence-corrected chi connectivity index (χ0v) is 12.1. The van der Waals surface area contributed by atoms with Gasteiger partial charge in [0.2, 0.25) is 11.8 Å². The fourth-order valence-electron chi connectivity index (χ4n) is 2.25. The molecule has 2 rings (SSSR count). The zero-order chi connectivity index (χ0) is 14.9. The molecule has 1 heterocycles. The number of nitrogens with one attached hydrogen (secondary N) is 2. The average molecular weight is 290 g/mol. The van der Waals surface area contributed by atoms with Gasteiger partial charge in [0.25, 0.3) is 0 Å². The summed E-state index contributed by atoms with van der Waals surface area (Å²) in [5.74, 6) is -0.0284. The van der Waals surface area contributed by atoms with Crippen LogP contribution in [0.5, 0.6) is 0 Å². The number of carbonyl (C=O) groups excluding carboxylic acids is 2. The second-order valence-corrected chi connectivity index (χ2v) is 5.22. The van der Waals surface area contributed by atoms with Crippen molar-refractivity contribution in [2.24, 2.45) is 5.92 Å². The first-order valence-corrected chi connectivity index (χ1v) is 7.42. The van der Waals surface area contributed by atoms with Crippen LogP contribution < -0.4 is 10.6 Å². The molecule has 0 aliphatic carbocycles. The predicted molar refractivity (Wildman–Crippen MR) is 79.5 cm³/mol. The van der Waals surface area contributed by atoms with Crippen molar-refractivity contribution in [3.05, 3.63) is 35.9 Å². The van der Waals surface area contributed by atoms with E-state index in [9.17, 15) is 9.59 Å². The third-order valence-electron chi connectivity index (χ3n) is 3.51. The number of rotatable bonds is 7. The highest BCUT2D eigenvalue weighted by atomic mass is 16.5. The van der Waals surface area contributed by atoms with E-state index in [0.29, 0.717) is 39.1 Å². The highest BCUT2D eigenvalue weighted by Gasteiger charge is 2.23. The number of piperidine rings is 1. The van der Waals surface area contributed by atoms with E-state index in [0.717, 1.165) is 12.0 Å². The Kier molecular flexibility index (Phi) is 6.22.